The Bertz CT molecular complexity index is 1140. The number of nitrogens with zero attached hydrogens (tertiary/aromatic N) is 1. The highest BCUT2D eigenvalue weighted by atomic mass is 35.5. The van der Waals surface area contributed by atoms with Crippen molar-refractivity contribution in [1.82, 2.24) is 0 Å². The van der Waals surface area contributed by atoms with Gasteiger partial charge < -0.3 is 19.9 Å². The first kappa shape index (κ1) is 32.2. The zero-order valence-corrected chi connectivity index (χ0v) is 20.5. The quantitative estimate of drug-likeness (QED) is 0.255. The summed E-state index contributed by atoms with van der Waals surface area (Å²) in [6.07, 6.45) is 1.03. The molecule has 0 heterocycles. The minimum Gasteiger partial charge on any atom is -0.497 e. The number of nitro groups is 1. The van der Waals surface area contributed by atoms with E-state index in [1.54, 1.807) is 12.1 Å². The molecule has 0 spiro atoms. The molecule has 3 aromatic carbocycles. The summed E-state index contributed by atoms with van der Waals surface area (Å²) in [6.45, 7) is 0.462. The number of ether oxygens (including phenoxy) is 3. The molecule has 0 amide bonds. The summed E-state index contributed by atoms with van der Waals surface area (Å²) in [4.78, 5) is 19.5. The Balaban J connectivity index is 0.000000504. The van der Waals surface area contributed by atoms with Crippen LogP contribution in [-0.4, -0.2) is 39.1 Å². The van der Waals surface area contributed by atoms with Gasteiger partial charge in [-0.2, -0.15) is 4.39 Å². The van der Waals surface area contributed by atoms with Gasteiger partial charge in [-0.05, 0) is 42.8 Å². The van der Waals surface area contributed by atoms with Crippen LogP contribution in [-0.2, 0) is 6.42 Å². The molecule has 0 aliphatic carbocycles. The van der Waals surface area contributed by atoms with Gasteiger partial charge in [0.2, 0.25) is 5.82 Å². The first-order valence-corrected chi connectivity index (χ1v) is 9.99. The average molecular weight is 531 g/mol. The van der Waals surface area contributed by atoms with Gasteiger partial charge in [-0.25, -0.2) is 8.78 Å². The molecule has 2 N–H and O–H groups in total. The van der Waals surface area contributed by atoms with Crippen molar-refractivity contribution in [2.24, 2.45) is 5.73 Å². The van der Waals surface area contributed by atoms with E-state index < -0.39 is 22.2 Å². The van der Waals surface area contributed by atoms with Crippen LogP contribution in [0, 0.1) is 27.6 Å². The molecular weight excluding hydrogens is 505 g/mol. The van der Waals surface area contributed by atoms with E-state index in [9.17, 15) is 28.1 Å². The largest absolute Gasteiger partial charge is 0.497 e. The topological polar surface area (TPSA) is 114 Å². The number of methoxy groups -OCH3 is 3. The Morgan fingerprint density at radius 3 is 1.69 bits per heavy atom. The summed E-state index contributed by atoms with van der Waals surface area (Å²) < 4.78 is 52.8. The molecule has 0 radical (unpaired) electrons. The molecule has 3 aromatic rings. The Morgan fingerprint density at radius 1 is 0.833 bits per heavy atom. The van der Waals surface area contributed by atoms with Crippen molar-refractivity contribution in [3.8, 4) is 17.2 Å². The fourth-order valence-corrected chi connectivity index (χ4v) is 2.51. The van der Waals surface area contributed by atoms with Crippen molar-refractivity contribution in [2.75, 3.05) is 27.9 Å². The third-order valence-corrected chi connectivity index (χ3v) is 4.36. The van der Waals surface area contributed by atoms with E-state index in [0.717, 1.165) is 12.1 Å². The first-order valence-electron chi connectivity index (χ1n) is 9.99. The van der Waals surface area contributed by atoms with Gasteiger partial charge >= 0.3 is 5.69 Å². The number of aldehydes is 1. The summed E-state index contributed by atoms with van der Waals surface area (Å²) in [6, 6.07) is 12.2. The molecule has 0 unspecified atom stereocenters. The number of benzene rings is 3. The predicted octanol–water partition coefficient (Wildman–Crippen LogP) is 5.15. The molecule has 0 saturated carbocycles. The maximum atomic E-state index is 13.1. The van der Waals surface area contributed by atoms with E-state index in [2.05, 4.69) is 4.74 Å². The van der Waals surface area contributed by atoms with Gasteiger partial charge in [0.15, 0.2) is 6.29 Å². The van der Waals surface area contributed by atoms with Crippen LogP contribution >= 0.6 is 12.4 Å². The van der Waals surface area contributed by atoms with Gasteiger partial charge in [0.25, 0.3) is 0 Å². The minimum atomic E-state index is -0.889. The number of nitro benzene ring substituents is 1. The zero-order valence-electron chi connectivity index (χ0n) is 19.7. The molecule has 0 atom stereocenters. The van der Waals surface area contributed by atoms with Crippen LogP contribution in [0.1, 0.15) is 15.9 Å². The smallest absolute Gasteiger partial charge is 0.305 e. The minimum absolute atomic E-state index is 0. The van der Waals surface area contributed by atoms with Crippen LogP contribution in [0.4, 0.5) is 18.9 Å². The van der Waals surface area contributed by atoms with Crippen molar-refractivity contribution < 1.29 is 37.1 Å². The van der Waals surface area contributed by atoms with E-state index >= 15 is 0 Å². The molecule has 0 saturated heterocycles. The van der Waals surface area contributed by atoms with E-state index in [0.29, 0.717) is 36.3 Å². The maximum Gasteiger partial charge on any atom is 0.305 e. The fraction of sp³-hybridized carbons (Fsp3) is 0.208. The number of rotatable bonds is 7. The molecule has 196 valence electrons. The SMILES string of the molecule is COc1ccc(C=O)c(F)c1.COc1ccc(CCN)c(F)c1.COc1ccc([N+](=O)[O-])c(F)c1.Cl. The average Bonchev–Trinajstić information content (AvgIpc) is 2.85. The van der Waals surface area contributed by atoms with Crippen molar-refractivity contribution in [3.05, 3.63) is 93.3 Å². The summed E-state index contributed by atoms with van der Waals surface area (Å²) in [5, 5.41) is 10.1. The van der Waals surface area contributed by atoms with Gasteiger partial charge in [-0.15, -0.1) is 12.4 Å². The Morgan fingerprint density at radius 2 is 1.31 bits per heavy atom. The van der Waals surface area contributed by atoms with E-state index in [1.165, 1.54) is 51.7 Å². The second kappa shape index (κ2) is 16.7. The number of hydrogen-bond acceptors (Lipinski definition) is 7. The summed E-state index contributed by atoms with van der Waals surface area (Å²) in [5.74, 6) is -0.488. The monoisotopic (exact) mass is 530 g/mol. The van der Waals surface area contributed by atoms with Gasteiger partial charge in [0.1, 0.15) is 28.9 Å². The molecule has 12 heteroatoms. The second-order valence-electron chi connectivity index (χ2n) is 6.58. The van der Waals surface area contributed by atoms with Crippen LogP contribution in [0.2, 0.25) is 0 Å². The lowest BCUT2D eigenvalue weighted by Gasteiger charge is -2.03. The molecule has 3 rings (SSSR count). The molecule has 8 nitrogen and oxygen atoms in total. The zero-order chi connectivity index (χ0) is 26.4. The summed E-state index contributed by atoms with van der Waals surface area (Å²) in [7, 11) is 4.31. The van der Waals surface area contributed by atoms with Gasteiger partial charge in [0.05, 0.1) is 31.8 Å². The van der Waals surface area contributed by atoms with Crippen LogP contribution < -0.4 is 19.9 Å². The van der Waals surface area contributed by atoms with Crippen LogP contribution in [0.3, 0.4) is 0 Å². The number of nitrogens with two attached hydrogens (primary N) is 1. The van der Waals surface area contributed by atoms with E-state index in [4.69, 9.17) is 15.2 Å². The summed E-state index contributed by atoms with van der Waals surface area (Å²) in [5.41, 5.74) is 5.44. The van der Waals surface area contributed by atoms with Gasteiger partial charge in [-0.3, -0.25) is 14.9 Å². The van der Waals surface area contributed by atoms with Gasteiger partial charge in [0, 0.05) is 24.3 Å². The van der Waals surface area contributed by atoms with E-state index in [-0.39, 0.29) is 29.5 Å². The number of hydrogen-bond donors (Lipinski definition) is 1. The normalized spacial score (nSPS) is 9.31. The third-order valence-electron chi connectivity index (χ3n) is 4.36. The number of carbonyl (C=O) groups excluding carboxylic acids is 1. The Hall–Kier alpha value is -3.83. The Kier molecular flexibility index (Phi) is 15.0. The lowest BCUT2D eigenvalue weighted by atomic mass is 10.1. The highest BCUT2D eigenvalue weighted by Gasteiger charge is 2.13. The summed E-state index contributed by atoms with van der Waals surface area (Å²) >= 11 is 0. The molecule has 36 heavy (non-hydrogen) atoms. The number of carbonyl (C=O) groups is 1. The molecule has 0 aromatic heterocycles. The van der Waals surface area contributed by atoms with Crippen molar-refractivity contribution in [1.29, 1.82) is 0 Å². The second-order valence-corrected chi connectivity index (χ2v) is 6.58. The van der Waals surface area contributed by atoms with Crippen LogP contribution in [0.25, 0.3) is 0 Å². The lowest BCUT2D eigenvalue weighted by molar-refractivity contribution is -0.387. The standard InChI is InChI=1S/C9H12FNO.C8H7FO2.C7H6FNO3.ClH/c1-12-8-3-2-7(4-5-11)9(10)6-8;1-11-7-3-2-6(5-10)8(9)4-7;1-12-5-2-3-7(9(10)11)6(8)4-5;/h2-3,6H,4-5,11H2,1H3;2-5H,1H3;2-4H,1H3;1H. The van der Waals surface area contributed by atoms with Crippen molar-refractivity contribution in [2.45, 2.75) is 6.42 Å². The molecule has 0 bridgehead atoms. The third kappa shape index (κ3) is 10.2. The molecule has 0 aliphatic rings. The molecule has 0 fully saturated rings. The van der Waals surface area contributed by atoms with E-state index in [1.807, 2.05) is 0 Å². The highest BCUT2D eigenvalue weighted by molar-refractivity contribution is 5.85. The molecule has 0 aliphatic heterocycles. The predicted molar refractivity (Wildman–Crippen MR) is 131 cm³/mol. The number of halogens is 4. The van der Waals surface area contributed by atoms with Crippen LogP contribution in [0.5, 0.6) is 17.2 Å². The fourth-order valence-electron chi connectivity index (χ4n) is 2.51. The van der Waals surface area contributed by atoms with Gasteiger partial charge in [-0.1, -0.05) is 6.07 Å². The van der Waals surface area contributed by atoms with Crippen molar-refractivity contribution >= 4 is 24.4 Å². The first-order chi connectivity index (χ1) is 16.7. The highest BCUT2D eigenvalue weighted by Crippen LogP contribution is 2.21. The van der Waals surface area contributed by atoms with Crippen LogP contribution in [0.15, 0.2) is 54.6 Å². The Labute approximate surface area is 212 Å². The van der Waals surface area contributed by atoms with Crippen molar-refractivity contribution in [3.63, 3.8) is 0 Å². The molecular formula is C24H26ClF3N2O6. The maximum absolute atomic E-state index is 13.1. The lowest BCUT2D eigenvalue weighted by Crippen LogP contribution is -2.04.